The number of nitrogens with one attached hydrogen (secondary N) is 1. The van der Waals surface area contributed by atoms with Crippen LogP contribution >= 0.6 is 11.3 Å². The Morgan fingerprint density at radius 2 is 1.96 bits per heavy atom. The van der Waals surface area contributed by atoms with Gasteiger partial charge in [0.2, 0.25) is 0 Å². The normalized spacial score (nSPS) is 10.6. The number of rotatable bonds is 5. The number of esters is 1. The molecule has 0 atom stereocenters. The van der Waals surface area contributed by atoms with E-state index in [9.17, 15) is 9.59 Å². The quantitative estimate of drug-likeness (QED) is 0.554. The van der Waals surface area contributed by atoms with E-state index >= 15 is 0 Å². The number of para-hydroxylation sites is 1. The first-order valence-corrected chi connectivity index (χ1v) is 8.46. The summed E-state index contributed by atoms with van der Waals surface area (Å²) in [6, 6.07) is 16.0. The average molecular weight is 363 g/mol. The van der Waals surface area contributed by atoms with E-state index < -0.39 is 18.5 Å². The van der Waals surface area contributed by atoms with Gasteiger partial charge in [-0.15, -0.1) is 11.3 Å². The zero-order valence-electron chi connectivity index (χ0n) is 13.5. The van der Waals surface area contributed by atoms with Crippen molar-refractivity contribution < 1.29 is 14.3 Å². The third-order valence-corrected chi connectivity index (χ3v) is 4.32. The second-order valence-electron chi connectivity index (χ2n) is 5.20. The fraction of sp³-hybridized carbons (Fsp3) is 0.0526. The van der Waals surface area contributed by atoms with E-state index in [1.807, 2.05) is 30.3 Å². The summed E-state index contributed by atoms with van der Waals surface area (Å²) in [6.45, 7) is -0.400. The monoisotopic (exact) mass is 363 g/mol. The van der Waals surface area contributed by atoms with Crippen molar-refractivity contribution in [1.29, 1.82) is 5.26 Å². The maximum atomic E-state index is 11.8. The highest BCUT2D eigenvalue weighted by Crippen LogP contribution is 2.22. The van der Waals surface area contributed by atoms with Crippen LogP contribution in [0.3, 0.4) is 0 Å². The number of nitriles is 1. The third kappa shape index (κ3) is 4.53. The predicted molar refractivity (Wildman–Crippen MR) is 99.4 cm³/mol. The Labute approximate surface area is 153 Å². The highest BCUT2D eigenvalue weighted by atomic mass is 32.1. The second-order valence-corrected chi connectivity index (χ2v) is 6.26. The summed E-state index contributed by atoms with van der Waals surface area (Å²) in [7, 11) is 0. The van der Waals surface area contributed by atoms with Crippen LogP contribution in [0.1, 0.15) is 10.6 Å². The van der Waals surface area contributed by atoms with Gasteiger partial charge in [-0.05, 0) is 42.5 Å². The van der Waals surface area contributed by atoms with Crippen molar-refractivity contribution >= 4 is 45.2 Å². The lowest BCUT2D eigenvalue weighted by molar-refractivity contribution is -0.142. The van der Waals surface area contributed by atoms with Gasteiger partial charge in [-0.25, -0.2) is 9.78 Å². The van der Waals surface area contributed by atoms with Crippen LogP contribution in [0.4, 0.5) is 5.69 Å². The number of hydrogen-bond donors (Lipinski definition) is 1. The van der Waals surface area contributed by atoms with Crippen LogP contribution in [0.15, 0.2) is 54.6 Å². The molecule has 26 heavy (non-hydrogen) atoms. The van der Waals surface area contributed by atoms with Crippen LogP contribution in [0, 0.1) is 11.3 Å². The van der Waals surface area contributed by atoms with Gasteiger partial charge in [0.25, 0.3) is 5.91 Å². The minimum Gasteiger partial charge on any atom is -0.452 e. The summed E-state index contributed by atoms with van der Waals surface area (Å²) < 4.78 is 5.93. The van der Waals surface area contributed by atoms with E-state index in [1.165, 1.54) is 17.4 Å². The Kier molecular flexibility index (Phi) is 5.37. The van der Waals surface area contributed by atoms with E-state index in [0.717, 1.165) is 10.2 Å². The first-order chi connectivity index (χ1) is 12.6. The van der Waals surface area contributed by atoms with Crippen molar-refractivity contribution in [3.05, 3.63) is 65.2 Å². The number of carbonyl (C=O) groups excluding carboxylic acids is 2. The number of thiazole rings is 1. The molecule has 1 heterocycles. The van der Waals surface area contributed by atoms with Crippen LogP contribution < -0.4 is 5.32 Å². The maximum Gasteiger partial charge on any atom is 0.331 e. The molecule has 0 aliphatic carbocycles. The van der Waals surface area contributed by atoms with Crippen molar-refractivity contribution in [3.8, 4) is 6.07 Å². The third-order valence-electron chi connectivity index (χ3n) is 3.32. The molecule has 6 nitrogen and oxygen atoms in total. The van der Waals surface area contributed by atoms with Gasteiger partial charge in [-0.1, -0.05) is 12.1 Å². The molecular formula is C19H13N3O3S. The molecule has 0 radical (unpaired) electrons. The fourth-order valence-corrected chi connectivity index (χ4v) is 2.98. The molecule has 7 heteroatoms. The zero-order chi connectivity index (χ0) is 18.4. The summed E-state index contributed by atoms with van der Waals surface area (Å²) in [5.74, 6) is -1.09. The van der Waals surface area contributed by atoms with Gasteiger partial charge >= 0.3 is 5.97 Å². The number of ether oxygens (including phenoxy) is 1. The lowest BCUT2D eigenvalue weighted by Crippen LogP contribution is -2.20. The van der Waals surface area contributed by atoms with E-state index in [0.29, 0.717) is 16.3 Å². The highest BCUT2D eigenvalue weighted by Gasteiger charge is 2.06. The van der Waals surface area contributed by atoms with Crippen LogP contribution in [-0.2, 0) is 14.3 Å². The van der Waals surface area contributed by atoms with Crippen LogP contribution in [0.5, 0.6) is 0 Å². The Bertz CT molecular complexity index is 983. The molecule has 1 amide bonds. The molecule has 0 fully saturated rings. The number of amides is 1. The highest BCUT2D eigenvalue weighted by molar-refractivity contribution is 7.19. The Morgan fingerprint density at radius 1 is 1.19 bits per heavy atom. The topological polar surface area (TPSA) is 92.1 Å². The maximum absolute atomic E-state index is 11.8. The number of hydrogen-bond acceptors (Lipinski definition) is 6. The molecule has 0 aliphatic rings. The zero-order valence-corrected chi connectivity index (χ0v) is 14.3. The molecule has 0 saturated heterocycles. The van der Waals surface area contributed by atoms with Crippen molar-refractivity contribution in [3.63, 3.8) is 0 Å². The molecule has 2 aromatic carbocycles. The van der Waals surface area contributed by atoms with Gasteiger partial charge in [0, 0.05) is 11.8 Å². The number of anilines is 1. The largest absolute Gasteiger partial charge is 0.452 e. The molecule has 0 unspecified atom stereocenters. The molecule has 128 valence electrons. The number of aromatic nitrogens is 1. The number of fused-ring (bicyclic) bond motifs is 1. The summed E-state index contributed by atoms with van der Waals surface area (Å²) in [5.41, 5.74) is 1.89. The standard InChI is InChI=1S/C19H13N3O3S/c20-11-13-5-7-14(8-6-13)21-17(23)12-25-19(24)10-9-18-22-15-3-1-2-4-16(15)26-18/h1-10H,12H2,(H,21,23)/b10-9+. The first-order valence-electron chi connectivity index (χ1n) is 7.64. The molecule has 0 saturated carbocycles. The molecule has 0 aliphatic heterocycles. The van der Waals surface area contributed by atoms with Crippen LogP contribution in [0.25, 0.3) is 16.3 Å². The van der Waals surface area contributed by atoms with Gasteiger partial charge < -0.3 is 10.1 Å². The van der Waals surface area contributed by atoms with Gasteiger partial charge in [0.05, 0.1) is 21.8 Å². The fourth-order valence-electron chi connectivity index (χ4n) is 2.11. The summed E-state index contributed by atoms with van der Waals surface area (Å²) in [4.78, 5) is 27.9. The first kappa shape index (κ1) is 17.3. The summed E-state index contributed by atoms with van der Waals surface area (Å²) >= 11 is 1.46. The smallest absolute Gasteiger partial charge is 0.331 e. The molecule has 0 bridgehead atoms. The number of nitrogens with zero attached hydrogens (tertiary/aromatic N) is 2. The Balaban J connectivity index is 1.49. The van der Waals surface area contributed by atoms with Crippen molar-refractivity contribution in [2.45, 2.75) is 0 Å². The molecule has 3 rings (SSSR count). The van der Waals surface area contributed by atoms with Crippen molar-refractivity contribution in [2.75, 3.05) is 11.9 Å². The van der Waals surface area contributed by atoms with Crippen molar-refractivity contribution in [2.24, 2.45) is 0 Å². The van der Waals surface area contributed by atoms with Gasteiger partial charge in [0.15, 0.2) is 6.61 Å². The van der Waals surface area contributed by atoms with E-state index in [1.54, 1.807) is 30.3 Å². The number of carbonyl (C=O) groups is 2. The van der Waals surface area contributed by atoms with Crippen molar-refractivity contribution in [1.82, 2.24) is 4.98 Å². The summed E-state index contributed by atoms with van der Waals surface area (Å²) in [6.07, 6.45) is 2.80. The predicted octanol–water partition coefficient (Wildman–Crippen LogP) is 3.36. The van der Waals surface area contributed by atoms with Gasteiger partial charge in [-0.3, -0.25) is 4.79 Å². The lowest BCUT2D eigenvalue weighted by Gasteiger charge is -2.05. The van der Waals surface area contributed by atoms with Gasteiger partial charge in [-0.2, -0.15) is 5.26 Å². The lowest BCUT2D eigenvalue weighted by atomic mass is 10.2. The Hall–Kier alpha value is -3.50. The molecule has 0 spiro atoms. The molecule has 1 aromatic heterocycles. The van der Waals surface area contributed by atoms with Gasteiger partial charge in [0.1, 0.15) is 5.01 Å². The number of benzene rings is 2. The molecular weight excluding hydrogens is 350 g/mol. The molecule has 1 N–H and O–H groups in total. The SMILES string of the molecule is N#Cc1ccc(NC(=O)COC(=O)/C=C/c2nc3ccccc3s2)cc1. The minimum absolute atomic E-state index is 0.400. The Morgan fingerprint density at radius 3 is 2.69 bits per heavy atom. The second kappa shape index (κ2) is 8.05. The summed E-state index contributed by atoms with van der Waals surface area (Å²) in [5, 5.41) is 12.0. The van der Waals surface area contributed by atoms with Crippen LogP contribution in [-0.4, -0.2) is 23.5 Å². The average Bonchev–Trinajstić information content (AvgIpc) is 3.08. The van der Waals surface area contributed by atoms with E-state index in [2.05, 4.69) is 10.3 Å². The van der Waals surface area contributed by atoms with E-state index in [-0.39, 0.29) is 0 Å². The van der Waals surface area contributed by atoms with Crippen LogP contribution in [0.2, 0.25) is 0 Å². The molecule has 3 aromatic rings. The minimum atomic E-state index is -0.626. The van der Waals surface area contributed by atoms with E-state index in [4.69, 9.17) is 10.00 Å².